The van der Waals surface area contributed by atoms with Crippen molar-refractivity contribution in [1.82, 2.24) is 24.1 Å². The van der Waals surface area contributed by atoms with Gasteiger partial charge in [0.1, 0.15) is 5.82 Å². The number of hydrogen-bond acceptors (Lipinski definition) is 3. The van der Waals surface area contributed by atoms with Gasteiger partial charge >= 0.3 is 5.69 Å². The molecule has 28 heavy (non-hydrogen) atoms. The number of nitrogens with one attached hydrogen (secondary N) is 1. The van der Waals surface area contributed by atoms with Gasteiger partial charge in [-0.05, 0) is 49.7 Å². The first kappa shape index (κ1) is 16.5. The number of para-hydroxylation sites is 1. The van der Waals surface area contributed by atoms with Gasteiger partial charge < -0.3 is 4.98 Å². The molecule has 0 aliphatic rings. The normalized spacial score (nSPS) is 11.5. The Hall–Kier alpha value is -3.67. The lowest BCUT2D eigenvalue weighted by atomic mass is 10.0. The van der Waals surface area contributed by atoms with Crippen molar-refractivity contribution in [3.05, 3.63) is 77.1 Å². The van der Waals surface area contributed by atoms with Gasteiger partial charge in [-0.3, -0.25) is 4.57 Å². The van der Waals surface area contributed by atoms with E-state index in [2.05, 4.69) is 21.0 Å². The van der Waals surface area contributed by atoms with Crippen LogP contribution in [-0.2, 0) is 6.54 Å². The fourth-order valence-electron chi connectivity index (χ4n) is 3.80. The van der Waals surface area contributed by atoms with E-state index in [9.17, 15) is 4.79 Å². The van der Waals surface area contributed by atoms with Gasteiger partial charge in [-0.2, -0.15) is 0 Å². The van der Waals surface area contributed by atoms with Crippen molar-refractivity contribution in [2.45, 2.75) is 20.4 Å². The average Bonchev–Trinajstić information content (AvgIpc) is 3.23. The van der Waals surface area contributed by atoms with Gasteiger partial charge in [-0.25, -0.2) is 19.3 Å². The topological polar surface area (TPSA) is 68.5 Å². The summed E-state index contributed by atoms with van der Waals surface area (Å²) < 4.78 is 3.41. The Morgan fingerprint density at radius 1 is 1.04 bits per heavy atom. The van der Waals surface area contributed by atoms with Crippen LogP contribution in [0.4, 0.5) is 0 Å². The molecular formula is C22H19N5O. The van der Waals surface area contributed by atoms with Gasteiger partial charge in [0.05, 0.1) is 22.2 Å². The van der Waals surface area contributed by atoms with Crippen molar-refractivity contribution in [1.29, 1.82) is 0 Å². The molecule has 0 atom stereocenters. The first-order chi connectivity index (χ1) is 13.7. The molecule has 6 heteroatoms. The van der Waals surface area contributed by atoms with Gasteiger partial charge in [0.25, 0.3) is 0 Å². The van der Waals surface area contributed by atoms with E-state index >= 15 is 0 Å². The third-order valence-corrected chi connectivity index (χ3v) is 5.07. The molecule has 0 unspecified atom stereocenters. The van der Waals surface area contributed by atoms with Crippen LogP contribution in [0.15, 0.2) is 65.6 Å². The highest BCUT2D eigenvalue weighted by molar-refractivity contribution is 5.92. The minimum Gasteiger partial charge on any atom is -0.342 e. The van der Waals surface area contributed by atoms with Crippen LogP contribution in [0, 0.1) is 6.92 Å². The summed E-state index contributed by atoms with van der Waals surface area (Å²) in [7, 11) is 0. The molecule has 0 aliphatic heterocycles. The molecule has 0 saturated carbocycles. The Balaban J connectivity index is 1.66. The van der Waals surface area contributed by atoms with Crippen molar-refractivity contribution in [2.24, 2.45) is 0 Å². The molecule has 0 bridgehead atoms. The zero-order chi connectivity index (χ0) is 19.3. The molecule has 3 aromatic heterocycles. The lowest BCUT2D eigenvalue weighted by Gasteiger charge is -2.06. The molecule has 0 saturated heterocycles. The third kappa shape index (κ3) is 2.38. The Labute approximate surface area is 161 Å². The summed E-state index contributed by atoms with van der Waals surface area (Å²) in [5.41, 5.74) is 6.34. The maximum atomic E-state index is 12.9. The van der Waals surface area contributed by atoms with Gasteiger partial charge in [0, 0.05) is 18.3 Å². The number of H-pyrrole nitrogens is 1. The molecule has 0 aliphatic carbocycles. The minimum absolute atomic E-state index is 0.0750. The first-order valence-electron chi connectivity index (χ1n) is 9.30. The summed E-state index contributed by atoms with van der Waals surface area (Å²) in [5.74, 6) is 0.893. The van der Waals surface area contributed by atoms with Crippen LogP contribution in [0.25, 0.3) is 39.0 Å². The zero-order valence-corrected chi connectivity index (χ0v) is 15.7. The van der Waals surface area contributed by atoms with Crippen molar-refractivity contribution in [3.8, 4) is 16.8 Å². The molecule has 0 amide bonds. The van der Waals surface area contributed by atoms with Crippen molar-refractivity contribution >= 4 is 22.2 Å². The van der Waals surface area contributed by atoms with E-state index in [1.165, 1.54) is 0 Å². The predicted molar refractivity (Wildman–Crippen MR) is 111 cm³/mol. The summed E-state index contributed by atoms with van der Waals surface area (Å²) in [6.07, 6.45) is 1.72. The second kappa shape index (κ2) is 6.20. The molecule has 0 fully saturated rings. The van der Waals surface area contributed by atoms with Crippen LogP contribution in [0.3, 0.4) is 0 Å². The molecule has 138 valence electrons. The smallest absolute Gasteiger partial charge is 0.334 e. The summed E-state index contributed by atoms with van der Waals surface area (Å²) in [4.78, 5) is 25.3. The number of nitrogens with zero attached hydrogens (tertiary/aromatic N) is 4. The van der Waals surface area contributed by atoms with E-state index in [0.29, 0.717) is 12.2 Å². The standard InChI is InChI=1S/C22H19N5O/c1-3-26-19-8-5-13-23-21(19)27(22(26)28)16-11-9-15(10-12-16)17-6-4-7-18-20(17)25-14(2)24-18/h4-13H,3H2,1-2H3,(H,24,25). The van der Waals surface area contributed by atoms with Crippen LogP contribution in [0.1, 0.15) is 12.7 Å². The fourth-order valence-corrected chi connectivity index (χ4v) is 3.80. The number of aromatic nitrogens is 5. The number of hydrogen-bond donors (Lipinski definition) is 1. The Bertz CT molecular complexity index is 1370. The quantitative estimate of drug-likeness (QED) is 0.521. The number of aryl methyl sites for hydroxylation is 2. The van der Waals surface area contributed by atoms with Gasteiger partial charge in [0.15, 0.2) is 5.65 Å². The molecule has 0 spiro atoms. The second-order valence-corrected chi connectivity index (χ2v) is 6.78. The fraction of sp³-hybridized carbons (Fsp3) is 0.136. The molecule has 1 N–H and O–H groups in total. The lowest BCUT2D eigenvalue weighted by molar-refractivity contribution is 0.734. The minimum atomic E-state index is -0.0750. The van der Waals surface area contributed by atoms with E-state index in [4.69, 9.17) is 0 Å². The second-order valence-electron chi connectivity index (χ2n) is 6.78. The van der Waals surface area contributed by atoms with Crippen LogP contribution in [0.2, 0.25) is 0 Å². The molecule has 3 heterocycles. The number of rotatable bonds is 3. The van der Waals surface area contributed by atoms with E-state index in [1.807, 2.05) is 62.4 Å². The lowest BCUT2D eigenvalue weighted by Crippen LogP contribution is -2.22. The molecule has 5 rings (SSSR count). The maximum Gasteiger partial charge on any atom is 0.334 e. The highest BCUT2D eigenvalue weighted by Gasteiger charge is 2.15. The molecule has 5 aromatic rings. The first-order valence-corrected chi connectivity index (χ1v) is 9.30. The van der Waals surface area contributed by atoms with Gasteiger partial charge in [0.2, 0.25) is 0 Å². The Morgan fingerprint density at radius 2 is 1.86 bits per heavy atom. The van der Waals surface area contributed by atoms with E-state index < -0.39 is 0 Å². The van der Waals surface area contributed by atoms with Gasteiger partial charge in [-0.1, -0.05) is 24.3 Å². The van der Waals surface area contributed by atoms with Gasteiger partial charge in [-0.15, -0.1) is 0 Å². The summed E-state index contributed by atoms with van der Waals surface area (Å²) in [5, 5.41) is 0. The van der Waals surface area contributed by atoms with Crippen LogP contribution < -0.4 is 5.69 Å². The Morgan fingerprint density at radius 3 is 2.64 bits per heavy atom. The SMILES string of the molecule is CCn1c(=O)n(-c2ccc(-c3cccc4[nH]c(C)nc34)cc2)c2ncccc21. The Kier molecular flexibility index (Phi) is 3.65. The highest BCUT2D eigenvalue weighted by atomic mass is 16.1. The summed E-state index contributed by atoms with van der Waals surface area (Å²) in [6.45, 7) is 4.52. The van der Waals surface area contributed by atoms with Crippen LogP contribution >= 0.6 is 0 Å². The van der Waals surface area contributed by atoms with Crippen LogP contribution in [-0.4, -0.2) is 24.1 Å². The zero-order valence-electron chi connectivity index (χ0n) is 15.7. The summed E-state index contributed by atoms with van der Waals surface area (Å²) in [6, 6.07) is 17.9. The summed E-state index contributed by atoms with van der Waals surface area (Å²) >= 11 is 0. The average molecular weight is 369 g/mol. The molecule has 6 nitrogen and oxygen atoms in total. The highest BCUT2D eigenvalue weighted by Crippen LogP contribution is 2.28. The number of imidazole rings is 2. The molecule has 0 radical (unpaired) electrons. The van der Waals surface area contributed by atoms with Crippen molar-refractivity contribution in [3.63, 3.8) is 0 Å². The number of benzene rings is 2. The number of pyridine rings is 1. The third-order valence-electron chi connectivity index (χ3n) is 5.07. The van der Waals surface area contributed by atoms with E-state index in [0.717, 1.165) is 39.2 Å². The van der Waals surface area contributed by atoms with E-state index in [-0.39, 0.29) is 5.69 Å². The van der Waals surface area contributed by atoms with Crippen molar-refractivity contribution < 1.29 is 0 Å². The van der Waals surface area contributed by atoms with Crippen LogP contribution in [0.5, 0.6) is 0 Å². The monoisotopic (exact) mass is 369 g/mol. The molecular weight excluding hydrogens is 350 g/mol. The number of fused-ring (bicyclic) bond motifs is 2. The molecule has 2 aromatic carbocycles. The maximum absolute atomic E-state index is 12.9. The largest absolute Gasteiger partial charge is 0.342 e. The van der Waals surface area contributed by atoms with E-state index in [1.54, 1.807) is 15.3 Å². The van der Waals surface area contributed by atoms with Crippen molar-refractivity contribution in [2.75, 3.05) is 0 Å². The number of aromatic amines is 1. The predicted octanol–water partition coefficient (Wildman–Crippen LogP) is 4.06.